The van der Waals surface area contributed by atoms with Crippen LogP contribution in [0.1, 0.15) is 10.5 Å². The van der Waals surface area contributed by atoms with Gasteiger partial charge in [-0.05, 0) is 12.1 Å². The Kier molecular flexibility index (Phi) is 3.41. The van der Waals surface area contributed by atoms with Gasteiger partial charge < -0.3 is 19.7 Å². The highest BCUT2D eigenvalue weighted by Gasteiger charge is 2.28. The number of aliphatic hydroxyl groups is 1. The fourth-order valence-corrected chi connectivity index (χ4v) is 2.82. The molecule has 1 aromatic heterocycles. The summed E-state index contributed by atoms with van der Waals surface area (Å²) in [5, 5.41) is 14.0. The highest BCUT2D eigenvalue weighted by atomic mass is 35.5. The summed E-state index contributed by atoms with van der Waals surface area (Å²) in [6.45, 7) is 0.587. The molecule has 1 aliphatic heterocycles. The summed E-state index contributed by atoms with van der Waals surface area (Å²) >= 11 is 6.16. The van der Waals surface area contributed by atoms with Gasteiger partial charge in [-0.1, -0.05) is 23.7 Å². The van der Waals surface area contributed by atoms with Gasteiger partial charge in [-0.2, -0.15) is 0 Å². The lowest BCUT2D eigenvalue weighted by atomic mass is 10.2. The molecular weight excluding hydrogens is 280 g/mol. The molecule has 20 heavy (non-hydrogen) atoms. The zero-order valence-corrected chi connectivity index (χ0v) is 11.7. The summed E-state index contributed by atoms with van der Waals surface area (Å²) in [7, 11) is 1.80. The molecule has 0 radical (unpaired) electrons. The molecule has 6 heteroatoms. The molecule has 2 heterocycles. The molecule has 0 unspecified atom stereocenters. The number of nitrogens with zero attached hydrogens (tertiary/aromatic N) is 1. The molecule has 106 valence electrons. The number of nitrogens with one attached hydrogen (secondary N) is 1. The van der Waals surface area contributed by atoms with Crippen LogP contribution in [0.2, 0.25) is 5.02 Å². The van der Waals surface area contributed by atoms with Crippen molar-refractivity contribution in [1.82, 2.24) is 9.88 Å². The van der Waals surface area contributed by atoms with Crippen molar-refractivity contribution in [3.05, 3.63) is 35.0 Å². The molecule has 0 bridgehead atoms. The van der Waals surface area contributed by atoms with Crippen molar-refractivity contribution < 1.29 is 14.6 Å². The molecule has 1 saturated heterocycles. The fourth-order valence-electron chi connectivity index (χ4n) is 2.51. The molecule has 1 fully saturated rings. The molecule has 0 saturated carbocycles. The smallest absolute Gasteiger partial charge is 0.268 e. The lowest BCUT2D eigenvalue weighted by Crippen LogP contribution is -2.43. The predicted molar refractivity (Wildman–Crippen MR) is 76.0 cm³/mol. The second kappa shape index (κ2) is 5.09. The average molecular weight is 295 g/mol. The van der Waals surface area contributed by atoms with Crippen molar-refractivity contribution in [3.63, 3.8) is 0 Å². The van der Waals surface area contributed by atoms with E-state index in [9.17, 15) is 9.90 Å². The van der Waals surface area contributed by atoms with Crippen molar-refractivity contribution in [2.75, 3.05) is 13.2 Å². The number of aliphatic hydroxyl groups excluding tert-OH is 1. The first-order valence-corrected chi connectivity index (χ1v) is 6.76. The summed E-state index contributed by atoms with van der Waals surface area (Å²) < 4.78 is 6.88. The Labute approximate surface area is 121 Å². The van der Waals surface area contributed by atoms with Gasteiger partial charge in [0, 0.05) is 12.4 Å². The minimum Gasteiger partial charge on any atom is -0.388 e. The summed E-state index contributed by atoms with van der Waals surface area (Å²) in [6, 6.07) is 6.97. The van der Waals surface area contributed by atoms with E-state index in [1.165, 1.54) is 0 Å². The molecule has 2 atom stereocenters. The van der Waals surface area contributed by atoms with E-state index in [4.69, 9.17) is 16.3 Å². The first-order valence-electron chi connectivity index (χ1n) is 6.38. The van der Waals surface area contributed by atoms with E-state index >= 15 is 0 Å². The lowest BCUT2D eigenvalue weighted by Gasteiger charge is -2.14. The van der Waals surface area contributed by atoms with Gasteiger partial charge in [0.05, 0.1) is 35.9 Å². The molecule has 1 aliphatic rings. The van der Waals surface area contributed by atoms with Gasteiger partial charge in [0.15, 0.2) is 0 Å². The maximum atomic E-state index is 12.3. The molecular formula is C14H15ClN2O3. The van der Waals surface area contributed by atoms with Crippen molar-refractivity contribution in [2.45, 2.75) is 12.1 Å². The number of carbonyl (C=O) groups excluding carboxylic acids is 1. The van der Waals surface area contributed by atoms with Crippen LogP contribution in [-0.4, -0.2) is 40.9 Å². The molecule has 5 nitrogen and oxygen atoms in total. The molecule has 1 amide bonds. The minimum atomic E-state index is -0.655. The summed E-state index contributed by atoms with van der Waals surface area (Å²) in [5.41, 5.74) is 1.33. The number of para-hydroxylation sites is 1. The minimum absolute atomic E-state index is 0.241. The number of hydrogen-bond donors (Lipinski definition) is 2. The quantitative estimate of drug-likeness (QED) is 0.878. The average Bonchev–Trinajstić information content (AvgIpc) is 2.95. The van der Waals surface area contributed by atoms with Crippen LogP contribution >= 0.6 is 11.6 Å². The highest BCUT2D eigenvalue weighted by molar-refractivity contribution is 6.35. The first-order chi connectivity index (χ1) is 9.58. The maximum absolute atomic E-state index is 12.3. The van der Waals surface area contributed by atoms with Gasteiger partial charge in [0.1, 0.15) is 5.69 Å². The number of amides is 1. The Morgan fingerprint density at radius 2 is 2.30 bits per heavy atom. The summed E-state index contributed by atoms with van der Waals surface area (Å²) in [6.07, 6.45) is -0.655. The predicted octanol–water partition coefficient (Wildman–Crippen LogP) is 1.32. The van der Waals surface area contributed by atoms with E-state index in [1.54, 1.807) is 23.7 Å². The Balaban J connectivity index is 1.92. The zero-order valence-electron chi connectivity index (χ0n) is 11.0. The number of benzene rings is 1. The monoisotopic (exact) mass is 294 g/mol. The summed E-state index contributed by atoms with van der Waals surface area (Å²) in [5.74, 6) is -0.241. The highest BCUT2D eigenvalue weighted by Crippen LogP contribution is 2.26. The second-order valence-electron chi connectivity index (χ2n) is 4.95. The molecule has 3 rings (SSSR count). The van der Waals surface area contributed by atoms with Crippen molar-refractivity contribution in [1.29, 1.82) is 0 Å². The van der Waals surface area contributed by atoms with Gasteiger partial charge in [-0.3, -0.25) is 4.79 Å². The topological polar surface area (TPSA) is 63.5 Å². The van der Waals surface area contributed by atoms with Gasteiger partial charge in [0.2, 0.25) is 0 Å². The zero-order chi connectivity index (χ0) is 14.3. The second-order valence-corrected chi connectivity index (χ2v) is 5.36. The maximum Gasteiger partial charge on any atom is 0.268 e. The van der Waals surface area contributed by atoms with Crippen LogP contribution in [0.4, 0.5) is 0 Å². The van der Waals surface area contributed by atoms with Crippen molar-refractivity contribution >= 4 is 28.4 Å². The van der Waals surface area contributed by atoms with Crippen LogP contribution in [0.25, 0.3) is 10.9 Å². The fraction of sp³-hybridized carbons (Fsp3) is 0.357. The number of carbonyl (C=O) groups is 1. The van der Waals surface area contributed by atoms with Gasteiger partial charge in [-0.15, -0.1) is 0 Å². The van der Waals surface area contributed by atoms with Crippen LogP contribution in [0.15, 0.2) is 24.3 Å². The van der Waals surface area contributed by atoms with E-state index in [0.717, 1.165) is 10.9 Å². The molecule has 1 aromatic carbocycles. The van der Waals surface area contributed by atoms with Crippen LogP contribution < -0.4 is 5.32 Å². The Morgan fingerprint density at radius 3 is 2.95 bits per heavy atom. The Morgan fingerprint density at radius 1 is 1.50 bits per heavy atom. The van der Waals surface area contributed by atoms with Crippen LogP contribution in [0, 0.1) is 0 Å². The van der Waals surface area contributed by atoms with Crippen LogP contribution in [0.3, 0.4) is 0 Å². The van der Waals surface area contributed by atoms with E-state index in [1.807, 2.05) is 12.1 Å². The van der Waals surface area contributed by atoms with E-state index in [-0.39, 0.29) is 18.6 Å². The first kappa shape index (κ1) is 13.4. The third-order valence-corrected chi connectivity index (χ3v) is 3.91. The third-order valence-electron chi connectivity index (χ3n) is 3.61. The van der Waals surface area contributed by atoms with Crippen molar-refractivity contribution in [2.24, 2.45) is 7.05 Å². The van der Waals surface area contributed by atoms with Crippen LogP contribution in [0.5, 0.6) is 0 Å². The largest absolute Gasteiger partial charge is 0.388 e. The summed E-state index contributed by atoms with van der Waals surface area (Å²) in [4.78, 5) is 12.3. The number of rotatable bonds is 2. The van der Waals surface area contributed by atoms with Gasteiger partial charge >= 0.3 is 0 Å². The van der Waals surface area contributed by atoms with Crippen molar-refractivity contribution in [3.8, 4) is 0 Å². The number of aryl methyl sites for hydroxylation is 1. The van der Waals surface area contributed by atoms with Crippen LogP contribution in [-0.2, 0) is 11.8 Å². The number of halogens is 1. The molecule has 0 spiro atoms. The van der Waals surface area contributed by atoms with Gasteiger partial charge in [-0.25, -0.2) is 0 Å². The van der Waals surface area contributed by atoms with E-state index < -0.39 is 6.10 Å². The Hall–Kier alpha value is -1.56. The third kappa shape index (κ3) is 2.18. The lowest BCUT2D eigenvalue weighted by molar-refractivity contribution is 0.0879. The van der Waals surface area contributed by atoms with Gasteiger partial charge in [0.25, 0.3) is 5.91 Å². The number of ether oxygens (including phenoxy) is 1. The molecule has 0 aliphatic carbocycles. The van der Waals surface area contributed by atoms with E-state index in [2.05, 4.69) is 5.32 Å². The number of hydrogen-bond acceptors (Lipinski definition) is 3. The Bertz CT molecular complexity index is 668. The standard InChI is InChI=1S/C14H15ClN2O3/c1-17-11(5-8-3-2-4-9(15)13(8)17)14(19)16-10-6-20-7-12(10)18/h2-5,10,12,18H,6-7H2,1H3,(H,16,19)/t10-,12-/m0/s1. The molecule has 2 N–H and O–H groups in total. The molecule has 2 aromatic rings. The number of aromatic nitrogens is 1. The SMILES string of the molecule is Cn1c(C(=O)N[C@H]2COC[C@@H]2O)cc2cccc(Cl)c21. The van der Waals surface area contributed by atoms with E-state index in [0.29, 0.717) is 17.3 Å². The number of fused-ring (bicyclic) bond motifs is 1. The normalized spacial score (nSPS) is 22.4.